The average Bonchev–Trinajstić information content (AvgIpc) is 2.57. The zero-order valence-electron chi connectivity index (χ0n) is 9.05. The van der Waals surface area contributed by atoms with E-state index < -0.39 is 12.0 Å². The molecule has 0 saturated carbocycles. The zero-order chi connectivity index (χ0) is 11.7. The molecule has 0 aliphatic carbocycles. The van der Waals surface area contributed by atoms with Crippen molar-refractivity contribution in [2.75, 3.05) is 0 Å². The van der Waals surface area contributed by atoms with Gasteiger partial charge in [-0.2, -0.15) is 0 Å². The number of nitrogens with two attached hydrogens (primary N) is 1. The summed E-state index contributed by atoms with van der Waals surface area (Å²) in [4.78, 5) is 10.7. The van der Waals surface area contributed by atoms with E-state index in [0.717, 1.165) is 16.5 Å². The standard InChI is InChI=1S/C12H14N2O2/c1-14-7-8(6-10(13)12(15)16)9-4-2-3-5-11(9)14/h2-5,7,10H,6,13H2,1H3,(H,15,16)/t10-/m1/s1/i1-1. The van der Waals surface area contributed by atoms with E-state index in [2.05, 4.69) is 0 Å². The molecule has 1 heterocycles. The Morgan fingerprint density at radius 3 is 2.88 bits per heavy atom. The van der Waals surface area contributed by atoms with Gasteiger partial charge in [0.1, 0.15) is 6.04 Å². The maximum Gasteiger partial charge on any atom is 0.320 e. The molecule has 84 valence electrons. The first-order valence-corrected chi connectivity index (χ1v) is 5.11. The molecule has 0 spiro atoms. The second-order valence-corrected chi connectivity index (χ2v) is 3.93. The van der Waals surface area contributed by atoms with Crippen LogP contribution in [0.1, 0.15) is 5.56 Å². The number of carboxylic acids is 1. The summed E-state index contributed by atoms with van der Waals surface area (Å²) >= 11 is 0. The Morgan fingerprint density at radius 2 is 2.19 bits per heavy atom. The number of benzene rings is 1. The summed E-state index contributed by atoms with van der Waals surface area (Å²) in [6.45, 7) is 0. The lowest BCUT2D eigenvalue weighted by Gasteiger charge is -2.04. The molecule has 4 heteroatoms. The average molecular weight is 217 g/mol. The lowest BCUT2D eigenvalue weighted by Crippen LogP contribution is -2.32. The molecule has 4 nitrogen and oxygen atoms in total. The van der Waals surface area contributed by atoms with Crippen molar-refractivity contribution in [3.63, 3.8) is 0 Å². The van der Waals surface area contributed by atoms with E-state index in [9.17, 15) is 4.79 Å². The van der Waals surface area contributed by atoms with Gasteiger partial charge in [0.05, 0.1) is 0 Å². The van der Waals surface area contributed by atoms with E-state index in [4.69, 9.17) is 10.8 Å². The number of hydrogen-bond donors (Lipinski definition) is 2. The number of aryl methyl sites for hydroxylation is 1. The van der Waals surface area contributed by atoms with E-state index in [0.29, 0.717) is 6.42 Å². The SMILES string of the molecule is [11CH3]n1cc(C[C@@H](N)C(=O)O)c2ccccc21. The van der Waals surface area contributed by atoms with Crippen LogP contribution in [-0.4, -0.2) is 21.7 Å². The van der Waals surface area contributed by atoms with Gasteiger partial charge >= 0.3 is 5.97 Å². The number of para-hydroxylation sites is 1. The highest BCUT2D eigenvalue weighted by Gasteiger charge is 2.15. The van der Waals surface area contributed by atoms with Crippen molar-refractivity contribution in [3.8, 4) is 0 Å². The molecule has 3 N–H and O–H groups in total. The lowest BCUT2D eigenvalue weighted by molar-refractivity contribution is -0.138. The second-order valence-electron chi connectivity index (χ2n) is 3.93. The molecule has 16 heavy (non-hydrogen) atoms. The van der Waals surface area contributed by atoms with Crippen molar-refractivity contribution >= 4 is 16.9 Å². The predicted molar refractivity (Wildman–Crippen MR) is 62.2 cm³/mol. The van der Waals surface area contributed by atoms with Crippen LogP contribution < -0.4 is 5.73 Å². The maximum absolute atomic E-state index is 10.7. The topological polar surface area (TPSA) is 68.2 Å². The largest absolute Gasteiger partial charge is 0.480 e. The minimum absolute atomic E-state index is 0.358. The van der Waals surface area contributed by atoms with Gasteiger partial charge in [0.25, 0.3) is 0 Å². The number of hydrogen-bond acceptors (Lipinski definition) is 2. The Labute approximate surface area is 93.3 Å². The molecule has 1 aromatic heterocycles. The molecule has 1 atom stereocenters. The second kappa shape index (κ2) is 3.98. The number of aromatic nitrogens is 1. The number of aliphatic carboxylic acids is 1. The van der Waals surface area contributed by atoms with Gasteiger partial charge in [0, 0.05) is 30.6 Å². The van der Waals surface area contributed by atoms with E-state index in [1.54, 1.807) is 0 Å². The summed E-state index contributed by atoms with van der Waals surface area (Å²) in [5, 5.41) is 9.86. The van der Waals surface area contributed by atoms with Gasteiger partial charge < -0.3 is 15.4 Å². The quantitative estimate of drug-likeness (QED) is 0.809. The Kier molecular flexibility index (Phi) is 2.66. The predicted octanol–water partition coefficient (Wildman–Crippen LogP) is 1.13. The smallest absolute Gasteiger partial charge is 0.320 e. The van der Waals surface area contributed by atoms with E-state index in [1.807, 2.05) is 42.1 Å². The fourth-order valence-electron chi connectivity index (χ4n) is 1.91. The molecule has 2 aromatic rings. The minimum atomic E-state index is -0.965. The minimum Gasteiger partial charge on any atom is -0.480 e. The van der Waals surface area contributed by atoms with Gasteiger partial charge in [-0.05, 0) is 11.6 Å². The highest BCUT2D eigenvalue weighted by Crippen LogP contribution is 2.21. The van der Waals surface area contributed by atoms with Crippen LogP contribution in [0.25, 0.3) is 10.9 Å². The van der Waals surface area contributed by atoms with Crippen LogP contribution >= 0.6 is 0 Å². The Morgan fingerprint density at radius 1 is 1.50 bits per heavy atom. The van der Waals surface area contributed by atoms with E-state index in [-0.39, 0.29) is 0 Å². The molecule has 0 aliphatic rings. The molecule has 0 saturated heterocycles. The lowest BCUT2D eigenvalue weighted by atomic mass is 10.1. The van der Waals surface area contributed by atoms with Crippen LogP contribution in [0.5, 0.6) is 0 Å². The van der Waals surface area contributed by atoms with Gasteiger partial charge in [-0.1, -0.05) is 18.2 Å². The van der Waals surface area contributed by atoms with Gasteiger partial charge in [-0.25, -0.2) is 0 Å². The van der Waals surface area contributed by atoms with Gasteiger partial charge in [-0.15, -0.1) is 0 Å². The van der Waals surface area contributed by atoms with Crippen LogP contribution in [0.2, 0.25) is 0 Å². The molecule has 2 rings (SSSR count). The van der Waals surface area contributed by atoms with Crippen molar-refractivity contribution < 1.29 is 9.90 Å². The van der Waals surface area contributed by atoms with Crippen molar-refractivity contribution in [1.82, 2.24) is 4.57 Å². The van der Waals surface area contributed by atoms with Crippen molar-refractivity contribution in [1.29, 1.82) is 0 Å². The summed E-state index contributed by atoms with van der Waals surface area (Å²) in [7, 11) is 1.94. The molecule has 0 unspecified atom stereocenters. The highest BCUT2D eigenvalue weighted by molar-refractivity contribution is 5.85. The summed E-state index contributed by atoms with van der Waals surface area (Å²) < 4.78 is 1.99. The number of nitrogens with zero attached hydrogens (tertiary/aromatic N) is 1. The third-order valence-corrected chi connectivity index (χ3v) is 2.74. The third kappa shape index (κ3) is 1.79. The molecule has 0 aliphatic heterocycles. The monoisotopic (exact) mass is 217 g/mol. The van der Waals surface area contributed by atoms with Gasteiger partial charge in [0.15, 0.2) is 0 Å². The molecule has 0 amide bonds. The van der Waals surface area contributed by atoms with E-state index in [1.165, 1.54) is 0 Å². The number of carbonyl (C=O) groups is 1. The number of rotatable bonds is 3. The van der Waals surface area contributed by atoms with Gasteiger partial charge in [0.2, 0.25) is 0 Å². The van der Waals surface area contributed by atoms with E-state index >= 15 is 0 Å². The fourth-order valence-corrected chi connectivity index (χ4v) is 1.91. The summed E-state index contributed by atoms with van der Waals surface area (Å²) in [6, 6.07) is 7.05. The first kappa shape index (κ1) is 10.7. The summed E-state index contributed by atoms with van der Waals surface area (Å²) in [5.41, 5.74) is 7.61. The van der Waals surface area contributed by atoms with Crippen molar-refractivity contribution in [3.05, 3.63) is 36.0 Å². The summed E-state index contributed by atoms with van der Waals surface area (Å²) in [6.07, 6.45) is 2.30. The maximum atomic E-state index is 10.7. The first-order valence-electron chi connectivity index (χ1n) is 5.11. The van der Waals surface area contributed by atoms with Crippen LogP contribution in [0, 0.1) is 0 Å². The number of fused-ring (bicyclic) bond motifs is 1. The van der Waals surface area contributed by atoms with Crippen LogP contribution in [-0.2, 0) is 18.3 Å². The van der Waals surface area contributed by atoms with Crippen molar-refractivity contribution in [2.24, 2.45) is 12.8 Å². The Hall–Kier alpha value is -1.81. The van der Waals surface area contributed by atoms with Crippen LogP contribution in [0.3, 0.4) is 0 Å². The normalized spacial score (nSPS) is 12.9. The van der Waals surface area contributed by atoms with Crippen LogP contribution in [0.15, 0.2) is 30.5 Å². The Balaban J connectivity index is 2.42. The zero-order valence-corrected chi connectivity index (χ0v) is 9.05. The highest BCUT2D eigenvalue weighted by atomic mass is 16.4. The van der Waals surface area contributed by atoms with Crippen molar-refractivity contribution in [2.45, 2.75) is 12.5 Å². The Bertz CT molecular complexity index is 531. The fraction of sp³-hybridized carbons (Fsp3) is 0.250. The third-order valence-electron chi connectivity index (χ3n) is 2.74. The first-order chi connectivity index (χ1) is 7.59. The molecule has 0 radical (unpaired) electrons. The van der Waals surface area contributed by atoms with Crippen LogP contribution in [0.4, 0.5) is 0 Å². The molecular formula is C12H14N2O2. The molecule has 1 aromatic carbocycles. The molecule has 0 fully saturated rings. The number of carboxylic acid groups (broad SMARTS) is 1. The molecule has 0 bridgehead atoms. The summed E-state index contributed by atoms with van der Waals surface area (Å²) in [5.74, 6) is -0.965. The molecular weight excluding hydrogens is 203 g/mol. The van der Waals surface area contributed by atoms with Gasteiger partial charge in [-0.3, -0.25) is 4.79 Å².